The average molecular weight is 362 g/mol. The van der Waals surface area contributed by atoms with Gasteiger partial charge < -0.3 is 0 Å². The molecule has 96 valence electrons. The molecule has 0 radical (unpaired) electrons. The maximum Gasteiger partial charge on any atom is 0.00991 e. The Balaban J connectivity index is 2.89. The molecule has 0 bridgehead atoms. The van der Waals surface area contributed by atoms with Crippen molar-refractivity contribution in [3.05, 3.63) is 34.9 Å². The fourth-order valence-electron chi connectivity index (χ4n) is 2.23. The van der Waals surface area contributed by atoms with Gasteiger partial charge in [-0.05, 0) is 48.8 Å². The lowest BCUT2D eigenvalue weighted by atomic mass is 9.81. The molecule has 0 aliphatic rings. The van der Waals surface area contributed by atoms with Gasteiger partial charge in [0.2, 0.25) is 0 Å². The standard InChI is InChI=1S/C15H22Br2/c1-4-7-15(10-16,11-17)9-14-6-5-12(2)13(3)8-14/h5-6,8H,4,7,9-11H2,1-3H3. The molecule has 2 heteroatoms. The molecule has 0 saturated heterocycles. The predicted molar refractivity (Wildman–Crippen MR) is 84.5 cm³/mol. The Bertz CT molecular complexity index is 354. The second kappa shape index (κ2) is 6.94. The van der Waals surface area contributed by atoms with E-state index in [1.165, 1.54) is 29.5 Å². The smallest absolute Gasteiger partial charge is 0.00991 e. The van der Waals surface area contributed by atoms with Crippen molar-refractivity contribution in [2.24, 2.45) is 5.41 Å². The van der Waals surface area contributed by atoms with Crippen molar-refractivity contribution < 1.29 is 0 Å². The Morgan fingerprint density at radius 1 is 1.06 bits per heavy atom. The summed E-state index contributed by atoms with van der Waals surface area (Å²) < 4.78 is 0. The lowest BCUT2D eigenvalue weighted by Gasteiger charge is -2.30. The first-order chi connectivity index (χ1) is 8.06. The average Bonchev–Trinajstić information content (AvgIpc) is 2.33. The SMILES string of the molecule is CCCC(CBr)(CBr)Cc1ccc(C)c(C)c1. The van der Waals surface area contributed by atoms with Crippen molar-refractivity contribution >= 4 is 31.9 Å². The first-order valence-corrected chi connectivity index (χ1v) is 8.49. The van der Waals surface area contributed by atoms with Gasteiger partial charge in [-0.3, -0.25) is 0 Å². The molecule has 0 fully saturated rings. The molecule has 1 aromatic carbocycles. The number of benzene rings is 1. The maximum atomic E-state index is 3.69. The molecule has 0 N–H and O–H groups in total. The summed E-state index contributed by atoms with van der Waals surface area (Å²) in [5.41, 5.74) is 4.60. The van der Waals surface area contributed by atoms with E-state index in [1.807, 2.05) is 0 Å². The molecule has 0 aliphatic carbocycles. The molecular weight excluding hydrogens is 340 g/mol. The Labute approximate surface area is 122 Å². The van der Waals surface area contributed by atoms with Crippen molar-refractivity contribution in [3.63, 3.8) is 0 Å². The van der Waals surface area contributed by atoms with Crippen LogP contribution in [0.25, 0.3) is 0 Å². The lowest BCUT2D eigenvalue weighted by Crippen LogP contribution is -2.27. The summed E-state index contributed by atoms with van der Waals surface area (Å²) in [7, 11) is 0. The van der Waals surface area contributed by atoms with Crippen molar-refractivity contribution in [2.45, 2.75) is 40.0 Å². The van der Waals surface area contributed by atoms with Crippen molar-refractivity contribution in [1.82, 2.24) is 0 Å². The Hall–Kier alpha value is 0.180. The zero-order valence-electron chi connectivity index (χ0n) is 11.0. The van der Waals surface area contributed by atoms with E-state index in [9.17, 15) is 0 Å². The highest BCUT2D eigenvalue weighted by Crippen LogP contribution is 2.33. The third kappa shape index (κ3) is 4.10. The number of hydrogen-bond acceptors (Lipinski definition) is 0. The minimum absolute atomic E-state index is 0.358. The second-order valence-electron chi connectivity index (χ2n) is 5.11. The van der Waals surface area contributed by atoms with E-state index in [0.717, 1.165) is 17.1 Å². The topological polar surface area (TPSA) is 0 Å². The van der Waals surface area contributed by atoms with E-state index in [4.69, 9.17) is 0 Å². The zero-order chi connectivity index (χ0) is 12.9. The van der Waals surface area contributed by atoms with Gasteiger partial charge in [0.1, 0.15) is 0 Å². The molecular formula is C15H22Br2. The Morgan fingerprint density at radius 3 is 2.18 bits per heavy atom. The van der Waals surface area contributed by atoms with Gasteiger partial charge in [-0.2, -0.15) is 0 Å². The van der Waals surface area contributed by atoms with Crippen LogP contribution in [-0.2, 0) is 6.42 Å². The molecule has 0 nitrogen and oxygen atoms in total. The first kappa shape index (κ1) is 15.2. The number of hydrogen-bond donors (Lipinski definition) is 0. The Kier molecular flexibility index (Phi) is 6.22. The largest absolute Gasteiger partial charge is 0.0922 e. The normalized spacial score (nSPS) is 11.8. The molecule has 0 saturated carbocycles. The summed E-state index contributed by atoms with van der Waals surface area (Å²) in [5.74, 6) is 0. The van der Waals surface area contributed by atoms with Gasteiger partial charge >= 0.3 is 0 Å². The third-order valence-electron chi connectivity index (χ3n) is 3.50. The molecule has 0 amide bonds. The highest BCUT2D eigenvalue weighted by atomic mass is 79.9. The van der Waals surface area contributed by atoms with Crippen LogP contribution in [-0.4, -0.2) is 10.7 Å². The lowest BCUT2D eigenvalue weighted by molar-refractivity contribution is 0.352. The summed E-state index contributed by atoms with van der Waals surface area (Å²) in [5, 5.41) is 2.12. The summed E-state index contributed by atoms with van der Waals surface area (Å²) in [6, 6.07) is 6.85. The van der Waals surface area contributed by atoms with Crippen LogP contribution in [0.2, 0.25) is 0 Å². The highest BCUT2D eigenvalue weighted by molar-refractivity contribution is 9.09. The number of rotatable bonds is 6. The van der Waals surface area contributed by atoms with Crippen LogP contribution in [0.3, 0.4) is 0 Å². The highest BCUT2D eigenvalue weighted by Gasteiger charge is 2.27. The molecule has 17 heavy (non-hydrogen) atoms. The van der Waals surface area contributed by atoms with Crippen LogP contribution in [0.1, 0.15) is 36.5 Å². The van der Waals surface area contributed by atoms with Crippen LogP contribution < -0.4 is 0 Å². The molecule has 0 aliphatic heterocycles. The van der Waals surface area contributed by atoms with Gasteiger partial charge in [-0.1, -0.05) is 63.4 Å². The van der Waals surface area contributed by atoms with Crippen LogP contribution >= 0.6 is 31.9 Å². The van der Waals surface area contributed by atoms with Gasteiger partial charge in [0, 0.05) is 10.7 Å². The van der Waals surface area contributed by atoms with E-state index in [2.05, 4.69) is 70.8 Å². The maximum absolute atomic E-state index is 3.69. The molecule has 0 unspecified atom stereocenters. The minimum atomic E-state index is 0.358. The molecule has 0 aromatic heterocycles. The second-order valence-corrected chi connectivity index (χ2v) is 6.23. The van der Waals surface area contributed by atoms with Gasteiger partial charge in [-0.25, -0.2) is 0 Å². The fourth-order valence-corrected chi connectivity index (χ4v) is 4.11. The van der Waals surface area contributed by atoms with Crippen LogP contribution in [0, 0.1) is 19.3 Å². The quantitative estimate of drug-likeness (QED) is 0.593. The first-order valence-electron chi connectivity index (χ1n) is 6.25. The van der Waals surface area contributed by atoms with Crippen LogP contribution in [0.4, 0.5) is 0 Å². The Morgan fingerprint density at radius 2 is 1.71 bits per heavy atom. The number of alkyl halides is 2. The van der Waals surface area contributed by atoms with Gasteiger partial charge in [0.25, 0.3) is 0 Å². The molecule has 0 heterocycles. The molecule has 1 rings (SSSR count). The minimum Gasteiger partial charge on any atom is -0.0922 e. The number of aryl methyl sites for hydroxylation is 2. The van der Waals surface area contributed by atoms with E-state index < -0.39 is 0 Å². The molecule has 0 spiro atoms. The van der Waals surface area contributed by atoms with E-state index in [-0.39, 0.29) is 0 Å². The van der Waals surface area contributed by atoms with E-state index in [1.54, 1.807) is 0 Å². The van der Waals surface area contributed by atoms with Crippen LogP contribution in [0.5, 0.6) is 0 Å². The summed E-state index contributed by atoms with van der Waals surface area (Å²) in [6.45, 7) is 6.64. The summed E-state index contributed by atoms with van der Waals surface area (Å²) in [4.78, 5) is 0. The van der Waals surface area contributed by atoms with Crippen molar-refractivity contribution in [3.8, 4) is 0 Å². The van der Waals surface area contributed by atoms with Gasteiger partial charge in [-0.15, -0.1) is 0 Å². The zero-order valence-corrected chi connectivity index (χ0v) is 14.2. The monoisotopic (exact) mass is 360 g/mol. The predicted octanol–water partition coefficient (Wildman–Crippen LogP) is 5.42. The number of halogens is 2. The van der Waals surface area contributed by atoms with Gasteiger partial charge in [0.15, 0.2) is 0 Å². The molecule has 1 aromatic rings. The van der Waals surface area contributed by atoms with E-state index >= 15 is 0 Å². The van der Waals surface area contributed by atoms with Crippen LogP contribution in [0.15, 0.2) is 18.2 Å². The molecule has 0 atom stereocenters. The van der Waals surface area contributed by atoms with Crippen molar-refractivity contribution in [1.29, 1.82) is 0 Å². The van der Waals surface area contributed by atoms with Gasteiger partial charge in [0.05, 0.1) is 0 Å². The fraction of sp³-hybridized carbons (Fsp3) is 0.600. The summed E-state index contributed by atoms with van der Waals surface area (Å²) >= 11 is 7.39. The van der Waals surface area contributed by atoms with E-state index in [0.29, 0.717) is 5.41 Å². The van der Waals surface area contributed by atoms with Crippen molar-refractivity contribution in [2.75, 3.05) is 10.7 Å². The summed E-state index contributed by atoms with van der Waals surface area (Å²) in [6.07, 6.45) is 3.65. The third-order valence-corrected chi connectivity index (χ3v) is 5.88.